The second-order valence-electron chi connectivity index (χ2n) is 9.61. The van der Waals surface area contributed by atoms with E-state index in [9.17, 15) is 14.4 Å². The van der Waals surface area contributed by atoms with Crippen LogP contribution in [0.4, 0.5) is 0 Å². The van der Waals surface area contributed by atoms with Gasteiger partial charge in [0.1, 0.15) is 5.78 Å². The lowest BCUT2D eigenvalue weighted by atomic mass is 9.81. The van der Waals surface area contributed by atoms with E-state index in [0.29, 0.717) is 57.1 Å². The van der Waals surface area contributed by atoms with Crippen molar-refractivity contribution in [1.82, 2.24) is 21.3 Å². The number of carbonyl (C=O) groups excluding carboxylic acids is 3. The maximum atomic E-state index is 12.9. The maximum Gasteiger partial charge on any atom is 0.220 e. The van der Waals surface area contributed by atoms with Crippen LogP contribution < -0.4 is 21.3 Å². The Morgan fingerprint density at radius 2 is 1.49 bits per heavy atom. The quantitative estimate of drug-likeness (QED) is 0.109. The average Bonchev–Trinajstić information content (AvgIpc) is 2.82. The molecule has 0 aromatic heterocycles. The number of hydrogen-bond acceptors (Lipinski definition) is 6. The molecule has 0 rings (SSSR count). The minimum absolute atomic E-state index is 0.0674. The molecule has 0 saturated carbocycles. The summed E-state index contributed by atoms with van der Waals surface area (Å²) in [6.45, 7) is 9.64. The summed E-state index contributed by atoms with van der Waals surface area (Å²) in [4.78, 5) is 36.3. The fourth-order valence-electron chi connectivity index (χ4n) is 3.97. The maximum absolute atomic E-state index is 12.9. The zero-order valence-corrected chi connectivity index (χ0v) is 22.7. The van der Waals surface area contributed by atoms with E-state index >= 15 is 0 Å². The minimum atomic E-state index is -0.605. The summed E-state index contributed by atoms with van der Waals surface area (Å²) >= 11 is 0. The van der Waals surface area contributed by atoms with Gasteiger partial charge in [0.2, 0.25) is 11.8 Å². The van der Waals surface area contributed by atoms with Crippen molar-refractivity contribution in [3.8, 4) is 0 Å². The smallest absolute Gasteiger partial charge is 0.220 e. The van der Waals surface area contributed by atoms with Crippen molar-refractivity contribution >= 4 is 23.3 Å². The SMILES string of the molecule is C=C(CCC(CCC(=N)CCCCNC)(CCC(=O)NC)NC(=O)CCCC(C)=O)NCCCC. The summed E-state index contributed by atoms with van der Waals surface area (Å²) < 4.78 is 0. The summed E-state index contributed by atoms with van der Waals surface area (Å²) in [6, 6.07) is 0. The third-order valence-corrected chi connectivity index (χ3v) is 6.32. The highest BCUT2D eigenvalue weighted by Gasteiger charge is 2.32. The Kier molecular flexibility index (Phi) is 18.8. The fraction of sp³-hybridized carbons (Fsp3) is 0.778. The highest BCUT2D eigenvalue weighted by Crippen LogP contribution is 2.28. The monoisotopic (exact) mass is 493 g/mol. The molecule has 0 radical (unpaired) electrons. The van der Waals surface area contributed by atoms with Crippen LogP contribution in [0.2, 0.25) is 0 Å². The van der Waals surface area contributed by atoms with Gasteiger partial charge in [0.25, 0.3) is 0 Å². The number of Topliss-reactive ketones (excluding diaryl/α,β-unsaturated/α-hetero) is 1. The number of ketones is 1. The zero-order chi connectivity index (χ0) is 26.5. The lowest BCUT2D eigenvalue weighted by Gasteiger charge is -2.36. The molecule has 0 bridgehead atoms. The first-order chi connectivity index (χ1) is 16.7. The molecule has 8 nitrogen and oxygen atoms in total. The molecule has 0 spiro atoms. The molecule has 0 aromatic carbocycles. The van der Waals surface area contributed by atoms with E-state index in [1.54, 1.807) is 7.05 Å². The van der Waals surface area contributed by atoms with Crippen LogP contribution in [0.3, 0.4) is 0 Å². The van der Waals surface area contributed by atoms with E-state index in [1.807, 2.05) is 7.05 Å². The summed E-state index contributed by atoms with van der Waals surface area (Å²) in [5, 5.41) is 20.8. The predicted molar refractivity (Wildman–Crippen MR) is 145 cm³/mol. The molecule has 1 atom stereocenters. The van der Waals surface area contributed by atoms with Crippen molar-refractivity contribution in [3.63, 3.8) is 0 Å². The number of allylic oxidation sites excluding steroid dienone is 1. The van der Waals surface area contributed by atoms with Crippen LogP contribution in [0.15, 0.2) is 12.3 Å². The molecule has 202 valence electrons. The topological polar surface area (TPSA) is 123 Å². The Morgan fingerprint density at radius 3 is 2.11 bits per heavy atom. The molecular formula is C27H51N5O3. The van der Waals surface area contributed by atoms with Gasteiger partial charge in [-0.1, -0.05) is 19.9 Å². The molecule has 0 heterocycles. The normalized spacial score (nSPS) is 12.5. The fourth-order valence-corrected chi connectivity index (χ4v) is 3.97. The van der Waals surface area contributed by atoms with Gasteiger partial charge in [0.05, 0.1) is 0 Å². The molecular weight excluding hydrogens is 442 g/mol. The van der Waals surface area contributed by atoms with Crippen molar-refractivity contribution in [2.45, 2.75) is 109 Å². The summed E-state index contributed by atoms with van der Waals surface area (Å²) in [7, 11) is 3.54. The third-order valence-electron chi connectivity index (χ3n) is 6.32. The summed E-state index contributed by atoms with van der Waals surface area (Å²) in [6.07, 6.45) is 9.38. The Hall–Kier alpha value is -2.22. The molecule has 1 unspecified atom stereocenters. The second-order valence-corrected chi connectivity index (χ2v) is 9.61. The Balaban J connectivity index is 5.41. The highest BCUT2D eigenvalue weighted by atomic mass is 16.2. The summed E-state index contributed by atoms with van der Waals surface area (Å²) in [5.74, 6) is -0.0969. The van der Waals surface area contributed by atoms with Crippen LogP contribution in [-0.4, -0.2) is 56.0 Å². The minimum Gasteiger partial charge on any atom is -0.389 e. The van der Waals surface area contributed by atoms with Crippen LogP contribution in [0.1, 0.15) is 104 Å². The largest absolute Gasteiger partial charge is 0.389 e. The van der Waals surface area contributed by atoms with E-state index < -0.39 is 5.54 Å². The van der Waals surface area contributed by atoms with Gasteiger partial charge in [0, 0.05) is 49.8 Å². The van der Waals surface area contributed by atoms with Gasteiger partial charge in [-0.05, 0) is 84.7 Å². The zero-order valence-electron chi connectivity index (χ0n) is 22.7. The number of carbonyl (C=O) groups is 3. The Morgan fingerprint density at radius 1 is 0.800 bits per heavy atom. The molecule has 0 saturated heterocycles. The van der Waals surface area contributed by atoms with Crippen molar-refractivity contribution in [2.75, 3.05) is 27.2 Å². The van der Waals surface area contributed by atoms with Crippen LogP contribution >= 0.6 is 0 Å². The second kappa shape index (κ2) is 20.0. The molecule has 2 amide bonds. The predicted octanol–water partition coefficient (Wildman–Crippen LogP) is 4.00. The van der Waals surface area contributed by atoms with Crippen LogP contribution in [0, 0.1) is 5.41 Å². The van der Waals surface area contributed by atoms with E-state index in [-0.39, 0.29) is 24.0 Å². The Bertz CT molecular complexity index is 665. The van der Waals surface area contributed by atoms with E-state index in [4.69, 9.17) is 5.41 Å². The van der Waals surface area contributed by atoms with Crippen LogP contribution in [-0.2, 0) is 14.4 Å². The van der Waals surface area contributed by atoms with Gasteiger partial charge in [-0.15, -0.1) is 0 Å². The van der Waals surface area contributed by atoms with Crippen molar-refractivity contribution < 1.29 is 14.4 Å². The first kappa shape index (κ1) is 32.8. The third kappa shape index (κ3) is 17.8. The number of nitrogens with one attached hydrogen (secondary N) is 5. The molecule has 0 aliphatic rings. The van der Waals surface area contributed by atoms with Crippen LogP contribution in [0.25, 0.3) is 0 Å². The molecule has 0 aromatic rings. The number of unbranched alkanes of at least 4 members (excludes halogenated alkanes) is 2. The molecule has 0 aliphatic heterocycles. The molecule has 0 fully saturated rings. The van der Waals surface area contributed by atoms with Crippen LogP contribution in [0.5, 0.6) is 0 Å². The van der Waals surface area contributed by atoms with Gasteiger partial charge in [-0.3, -0.25) is 9.59 Å². The molecule has 35 heavy (non-hydrogen) atoms. The standard InChI is InChI=1S/C27H51N5O3/c1-6-7-21-31-22(2)14-17-27(19-16-25(34)30-5,32-26(35)13-10-11-23(3)33)18-15-24(28)12-8-9-20-29-4/h28-29,31H,2,6-21H2,1,3-5H3,(H,30,34)(H,32,35). The number of amides is 2. The highest BCUT2D eigenvalue weighted by molar-refractivity contribution is 5.82. The van der Waals surface area contributed by atoms with Gasteiger partial charge in [-0.2, -0.15) is 0 Å². The van der Waals surface area contributed by atoms with Gasteiger partial charge in [0.15, 0.2) is 0 Å². The lowest BCUT2D eigenvalue weighted by molar-refractivity contribution is -0.125. The lowest BCUT2D eigenvalue weighted by Crippen LogP contribution is -2.49. The molecule has 5 N–H and O–H groups in total. The number of hydrogen-bond donors (Lipinski definition) is 5. The number of rotatable bonds is 23. The van der Waals surface area contributed by atoms with Gasteiger partial charge in [-0.25, -0.2) is 0 Å². The van der Waals surface area contributed by atoms with E-state index in [2.05, 4.69) is 34.8 Å². The Labute approximate surface area is 213 Å². The van der Waals surface area contributed by atoms with Crippen molar-refractivity contribution in [1.29, 1.82) is 5.41 Å². The van der Waals surface area contributed by atoms with Gasteiger partial charge < -0.3 is 31.5 Å². The summed E-state index contributed by atoms with van der Waals surface area (Å²) in [5.41, 5.74) is 0.999. The first-order valence-electron chi connectivity index (χ1n) is 13.3. The van der Waals surface area contributed by atoms with Crippen molar-refractivity contribution in [2.24, 2.45) is 0 Å². The first-order valence-corrected chi connectivity index (χ1v) is 13.3. The van der Waals surface area contributed by atoms with E-state index in [1.165, 1.54) is 6.92 Å². The molecule has 0 aliphatic carbocycles. The van der Waals surface area contributed by atoms with E-state index in [0.717, 1.165) is 50.9 Å². The van der Waals surface area contributed by atoms with Crippen molar-refractivity contribution in [3.05, 3.63) is 12.3 Å². The average molecular weight is 494 g/mol. The van der Waals surface area contributed by atoms with Gasteiger partial charge >= 0.3 is 0 Å². The molecule has 8 heteroatoms.